The maximum absolute atomic E-state index is 14.1. The third kappa shape index (κ3) is 4.93. The van der Waals surface area contributed by atoms with E-state index in [4.69, 9.17) is 5.14 Å². The van der Waals surface area contributed by atoms with Gasteiger partial charge in [-0.15, -0.1) is 0 Å². The van der Waals surface area contributed by atoms with Crippen molar-refractivity contribution in [3.8, 4) is 0 Å². The second kappa shape index (κ2) is 8.26. The number of pyridine rings is 1. The molecule has 3 N–H and O–H groups in total. The van der Waals surface area contributed by atoms with Gasteiger partial charge in [0, 0.05) is 37.0 Å². The van der Waals surface area contributed by atoms with E-state index >= 15 is 0 Å². The second-order valence-electron chi connectivity index (χ2n) is 6.70. The van der Waals surface area contributed by atoms with Crippen LogP contribution < -0.4 is 15.4 Å². The largest absolute Gasteiger partial charge is 0.418 e. The molecule has 2 atom stereocenters. The van der Waals surface area contributed by atoms with Gasteiger partial charge < -0.3 is 10.2 Å². The Morgan fingerprint density at radius 3 is 2.63 bits per heavy atom. The first-order valence-corrected chi connectivity index (χ1v) is 9.93. The minimum absolute atomic E-state index is 0.0546. The molecule has 1 aromatic carbocycles. The van der Waals surface area contributed by atoms with Crippen LogP contribution >= 0.6 is 0 Å². The van der Waals surface area contributed by atoms with Crippen LogP contribution in [0, 0.1) is 0 Å². The molecule has 2 unspecified atom stereocenters. The number of rotatable bonds is 4. The number of nitrogens with one attached hydrogen (secondary N) is 1. The van der Waals surface area contributed by atoms with Crippen LogP contribution in [-0.4, -0.2) is 33.6 Å². The number of nitrogens with zero attached hydrogens (tertiary/aromatic N) is 2. The molecule has 2 heterocycles. The summed E-state index contributed by atoms with van der Waals surface area (Å²) in [5, 5.41) is 7.55. The van der Waals surface area contributed by atoms with E-state index in [1.54, 1.807) is 0 Å². The molecule has 1 aliphatic heterocycles. The van der Waals surface area contributed by atoms with Crippen molar-refractivity contribution in [3.05, 3.63) is 48.2 Å². The van der Waals surface area contributed by atoms with Crippen molar-refractivity contribution in [1.82, 2.24) is 4.98 Å². The summed E-state index contributed by atoms with van der Waals surface area (Å²) >= 11 is 0. The Balaban J connectivity index is 1.94. The van der Waals surface area contributed by atoms with Gasteiger partial charge in [0.1, 0.15) is 22.1 Å². The van der Waals surface area contributed by atoms with Crippen LogP contribution in [-0.2, 0) is 22.0 Å². The smallest absolute Gasteiger partial charge is 0.359 e. The van der Waals surface area contributed by atoms with Crippen LogP contribution in [0.3, 0.4) is 0 Å². The zero-order valence-electron chi connectivity index (χ0n) is 15.3. The Morgan fingerprint density at radius 1 is 1.27 bits per heavy atom. The van der Waals surface area contributed by atoms with E-state index in [1.165, 1.54) is 30.5 Å². The molecule has 1 saturated heterocycles. The highest BCUT2D eigenvalue weighted by Crippen LogP contribution is 2.41. The van der Waals surface area contributed by atoms with E-state index in [1.807, 2.05) is 0 Å². The van der Waals surface area contributed by atoms with E-state index in [0.717, 1.165) is 17.0 Å². The van der Waals surface area contributed by atoms with Crippen LogP contribution in [0.25, 0.3) is 0 Å². The molecule has 1 amide bonds. The normalized spacial score (nSPS) is 19.9. The van der Waals surface area contributed by atoms with Crippen LogP contribution in [0.4, 0.5) is 33.3 Å². The average Bonchev–Trinajstić information content (AvgIpc) is 2.67. The van der Waals surface area contributed by atoms with E-state index < -0.39 is 60.0 Å². The molecule has 0 bridgehead atoms. The lowest BCUT2D eigenvalue weighted by molar-refractivity contribution is -0.137. The van der Waals surface area contributed by atoms with Gasteiger partial charge in [0.2, 0.25) is 5.91 Å². The van der Waals surface area contributed by atoms with Gasteiger partial charge >= 0.3 is 6.18 Å². The van der Waals surface area contributed by atoms with Crippen molar-refractivity contribution in [3.63, 3.8) is 0 Å². The highest BCUT2D eigenvalue weighted by Gasteiger charge is 2.45. The summed E-state index contributed by atoms with van der Waals surface area (Å²) in [4.78, 5) is 17.6. The monoisotopic (exact) mass is 448 g/mol. The second-order valence-corrected chi connectivity index (χ2v) is 7.72. The Labute approximate surface area is 170 Å². The predicted molar refractivity (Wildman–Crippen MR) is 100 cm³/mol. The summed E-state index contributed by atoms with van der Waals surface area (Å²) < 4.78 is 79.7. The number of anilines is 2. The van der Waals surface area contributed by atoms with Crippen molar-refractivity contribution >= 4 is 28.3 Å². The van der Waals surface area contributed by atoms with Crippen molar-refractivity contribution in [2.24, 2.45) is 5.14 Å². The Bertz CT molecular complexity index is 970. The van der Waals surface area contributed by atoms with Gasteiger partial charge in [-0.05, 0) is 24.3 Å². The number of benzene rings is 1. The van der Waals surface area contributed by atoms with Crippen LogP contribution in [0.1, 0.15) is 18.4 Å². The summed E-state index contributed by atoms with van der Waals surface area (Å²) in [5.74, 6) is -4.14. The van der Waals surface area contributed by atoms with E-state index in [-0.39, 0.29) is 16.4 Å². The molecule has 12 heteroatoms. The maximum atomic E-state index is 14.1. The fourth-order valence-electron chi connectivity index (χ4n) is 3.24. The number of alkyl halides is 5. The lowest BCUT2D eigenvalue weighted by atomic mass is 9.95. The molecule has 0 radical (unpaired) electrons. The lowest BCUT2D eigenvalue weighted by Gasteiger charge is -2.40. The maximum Gasteiger partial charge on any atom is 0.418 e. The van der Waals surface area contributed by atoms with Crippen LogP contribution in [0.2, 0.25) is 0 Å². The van der Waals surface area contributed by atoms with Gasteiger partial charge in [-0.3, -0.25) is 4.79 Å². The SMILES string of the molecule is NS(=O)c1cc(NC(=O)C2CC(F)(F)CCN2c2ccccc2C(F)(F)F)ccn1. The van der Waals surface area contributed by atoms with Gasteiger partial charge in [0.25, 0.3) is 5.92 Å². The molecule has 2 aromatic rings. The number of piperidine rings is 1. The van der Waals surface area contributed by atoms with Gasteiger partial charge in [0.05, 0.1) is 5.56 Å². The van der Waals surface area contributed by atoms with E-state index in [2.05, 4.69) is 10.3 Å². The number of carbonyl (C=O) groups is 1. The summed E-state index contributed by atoms with van der Waals surface area (Å²) in [6.45, 7) is -0.438. The number of aromatic nitrogens is 1. The van der Waals surface area contributed by atoms with Gasteiger partial charge in [-0.2, -0.15) is 13.2 Å². The number of hydrogen-bond donors (Lipinski definition) is 2. The number of amides is 1. The predicted octanol–water partition coefficient (Wildman–Crippen LogP) is 3.32. The zero-order chi connectivity index (χ0) is 22.1. The zero-order valence-corrected chi connectivity index (χ0v) is 16.1. The Hall–Kier alpha value is -2.60. The summed E-state index contributed by atoms with van der Waals surface area (Å²) in [6.07, 6.45) is -5.15. The fourth-order valence-corrected chi connectivity index (χ4v) is 3.65. The molecule has 1 aliphatic rings. The first kappa shape index (κ1) is 22.1. The molecule has 3 rings (SSSR count). The third-order valence-electron chi connectivity index (χ3n) is 4.62. The van der Waals surface area contributed by atoms with Gasteiger partial charge in [0.15, 0.2) is 0 Å². The number of para-hydroxylation sites is 1. The van der Waals surface area contributed by atoms with Crippen LogP contribution in [0.15, 0.2) is 47.6 Å². The number of hydrogen-bond acceptors (Lipinski definition) is 4. The van der Waals surface area contributed by atoms with Crippen molar-refractivity contribution in [2.45, 2.75) is 36.0 Å². The highest BCUT2D eigenvalue weighted by atomic mass is 32.2. The quantitative estimate of drug-likeness (QED) is 0.703. The summed E-state index contributed by atoms with van der Waals surface area (Å²) in [5.41, 5.74) is -1.28. The molecule has 30 heavy (non-hydrogen) atoms. The number of nitrogens with two attached hydrogens (primary N) is 1. The summed E-state index contributed by atoms with van der Waals surface area (Å²) in [6, 6.07) is 5.48. The first-order valence-electron chi connectivity index (χ1n) is 8.72. The number of halogens is 5. The standard InChI is InChI=1S/C18H17F5N4O2S/c19-17(20)6-8-27(13-4-2-1-3-12(13)18(21,22)23)14(10-17)16(28)26-11-5-7-25-15(9-11)30(24)29/h1-5,7,9,14H,6,8,10,24H2,(H,25,26,28). The minimum Gasteiger partial charge on any atom is -0.359 e. The van der Waals surface area contributed by atoms with Crippen molar-refractivity contribution < 1.29 is 31.0 Å². The van der Waals surface area contributed by atoms with E-state index in [9.17, 15) is 31.0 Å². The summed E-state index contributed by atoms with van der Waals surface area (Å²) in [7, 11) is -1.94. The number of carbonyl (C=O) groups excluding carboxylic acids is 1. The Kier molecular flexibility index (Phi) is 6.09. The highest BCUT2D eigenvalue weighted by molar-refractivity contribution is 7.82. The first-order chi connectivity index (χ1) is 14.0. The lowest BCUT2D eigenvalue weighted by Crippen LogP contribution is -2.53. The molecule has 1 aromatic heterocycles. The average molecular weight is 448 g/mol. The van der Waals surface area contributed by atoms with Crippen molar-refractivity contribution in [2.75, 3.05) is 16.8 Å². The van der Waals surface area contributed by atoms with Gasteiger partial charge in [-0.25, -0.2) is 23.1 Å². The molecule has 0 aliphatic carbocycles. The Morgan fingerprint density at radius 2 is 1.97 bits per heavy atom. The molecule has 162 valence electrons. The minimum atomic E-state index is -4.72. The van der Waals surface area contributed by atoms with Crippen molar-refractivity contribution in [1.29, 1.82) is 0 Å². The topological polar surface area (TPSA) is 88.3 Å². The van der Waals surface area contributed by atoms with Gasteiger partial charge in [-0.1, -0.05) is 12.1 Å². The molecule has 0 spiro atoms. The molecular weight excluding hydrogens is 431 g/mol. The molecule has 0 saturated carbocycles. The molecular formula is C18H17F5N4O2S. The fraction of sp³-hybridized carbons (Fsp3) is 0.333. The molecule has 1 fully saturated rings. The molecule has 6 nitrogen and oxygen atoms in total. The van der Waals surface area contributed by atoms with E-state index in [0.29, 0.717) is 0 Å². The van der Waals surface area contributed by atoms with Crippen LogP contribution in [0.5, 0.6) is 0 Å². The third-order valence-corrected chi connectivity index (χ3v) is 5.25.